The van der Waals surface area contributed by atoms with Crippen LogP contribution in [-0.4, -0.2) is 6.79 Å². The molecule has 2 atom stereocenters. The van der Waals surface area contributed by atoms with Gasteiger partial charge < -0.3 is 14.8 Å². The number of rotatable bonds is 3. The van der Waals surface area contributed by atoms with Crippen LogP contribution in [0.15, 0.2) is 24.3 Å². The van der Waals surface area contributed by atoms with E-state index in [1.54, 1.807) is 11.3 Å². The molecule has 0 fully saturated rings. The summed E-state index contributed by atoms with van der Waals surface area (Å²) in [6.07, 6.45) is 2.27. The summed E-state index contributed by atoms with van der Waals surface area (Å²) in [7, 11) is 0. The van der Waals surface area contributed by atoms with E-state index in [9.17, 15) is 0 Å². The molecule has 1 N–H and O–H groups in total. The second kappa shape index (κ2) is 5.20. The monoisotopic (exact) mass is 321 g/mol. The van der Waals surface area contributed by atoms with Crippen LogP contribution in [0, 0.1) is 0 Å². The molecule has 1 aliphatic heterocycles. The Morgan fingerprint density at radius 1 is 1.29 bits per heavy atom. The SMILES string of the molecule is CC(NC1CCc2sc(Cl)cc21)c1ccc2c(c1)OCO2. The first-order valence-electron chi connectivity index (χ1n) is 7.14. The largest absolute Gasteiger partial charge is 0.454 e. The summed E-state index contributed by atoms with van der Waals surface area (Å²) < 4.78 is 11.7. The molecule has 1 aromatic heterocycles. The predicted octanol–water partition coefficient (Wildman–Crippen LogP) is 4.47. The number of hydrogen-bond donors (Lipinski definition) is 1. The van der Waals surface area contributed by atoms with E-state index in [0.29, 0.717) is 12.8 Å². The van der Waals surface area contributed by atoms with Gasteiger partial charge >= 0.3 is 0 Å². The van der Waals surface area contributed by atoms with Gasteiger partial charge in [0.1, 0.15) is 0 Å². The molecular weight excluding hydrogens is 306 g/mol. The molecular formula is C16H16ClNO2S. The fraction of sp³-hybridized carbons (Fsp3) is 0.375. The third kappa shape index (κ3) is 2.41. The van der Waals surface area contributed by atoms with Gasteiger partial charge in [-0.2, -0.15) is 0 Å². The van der Waals surface area contributed by atoms with Crippen LogP contribution < -0.4 is 14.8 Å². The van der Waals surface area contributed by atoms with Gasteiger partial charge in [-0.25, -0.2) is 0 Å². The summed E-state index contributed by atoms with van der Waals surface area (Å²) in [6, 6.07) is 8.91. The van der Waals surface area contributed by atoms with Gasteiger partial charge in [-0.15, -0.1) is 11.3 Å². The lowest BCUT2D eigenvalue weighted by atomic mass is 10.1. The van der Waals surface area contributed by atoms with E-state index in [2.05, 4.69) is 30.4 Å². The number of fused-ring (bicyclic) bond motifs is 2. The van der Waals surface area contributed by atoms with Crippen molar-refractivity contribution in [2.75, 3.05) is 6.79 Å². The molecule has 0 bridgehead atoms. The van der Waals surface area contributed by atoms with Gasteiger partial charge in [-0.1, -0.05) is 17.7 Å². The van der Waals surface area contributed by atoms with E-state index in [1.165, 1.54) is 16.0 Å². The van der Waals surface area contributed by atoms with Crippen LogP contribution in [0.25, 0.3) is 0 Å². The van der Waals surface area contributed by atoms with Crippen molar-refractivity contribution in [2.45, 2.75) is 31.8 Å². The van der Waals surface area contributed by atoms with Crippen LogP contribution >= 0.6 is 22.9 Å². The normalized spacial score (nSPS) is 20.6. The van der Waals surface area contributed by atoms with Crippen LogP contribution in [0.3, 0.4) is 0 Å². The van der Waals surface area contributed by atoms with Crippen LogP contribution in [0.2, 0.25) is 4.34 Å². The zero-order chi connectivity index (χ0) is 14.4. The van der Waals surface area contributed by atoms with E-state index in [0.717, 1.165) is 28.7 Å². The van der Waals surface area contributed by atoms with E-state index in [4.69, 9.17) is 21.1 Å². The Labute approximate surface area is 132 Å². The van der Waals surface area contributed by atoms with Crippen LogP contribution in [0.1, 0.15) is 41.4 Å². The number of hydrogen-bond acceptors (Lipinski definition) is 4. The molecule has 1 aliphatic carbocycles. The molecule has 2 aromatic rings. The maximum absolute atomic E-state index is 6.12. The summed E-state index contributed by atoms with van der Waals surface area (Å²) in [4.78, 5) is 1.43. The van der Waals surface area contributed by atoms with E-state index >= 15 is 0 Å². The minimum Gasteiger partial charge on any atom is -0.454 e. The number of ether oxygens (including phenoxy) is 2. The van der Waals surface area contributed by atoms with Crippen molar-refractivity contribution in [1.29, 1.82) is 0 Å². The molecule has 2 heterocycles. The number of thiophene rings is 1. The molecule has 0 amide bonds. The number of aryl methyl sites for hydroxylation is 1. The minimum absolute atomic E-state index is 0.258. The van der Waals surface area contributed by atoms with E-state index in [1.807, 2.05) is 6.07 Å². The highest BCUT2D eigenvalue weighted by Crippen LogP contribution is 2.41. The van der Waals surface area contributed by atoms with Gasteiger partial charge in [0.05, 0.1) is 4.34 Å². The molecule has 0 radical (unpaired) electrons. The Balaban J connectivity index is 1.52. The highest BCUT2D eigenvalue weighted by Gasteiger charge is 2.26. The molecule has 2 unspecified atom stereocenters. The summed E-state index contributed by atoms with van der Waals surface area (Å²) in [5.74, 6) is 1.67. The van der Waals surface area contributed by atoms with Gasteiger partial charge in [0, 0.05) is 17.0 Å². The molecule has 0 spiro atoms. The van der Waals surface area contributed by atoms with Crippen molar-refractivity contribution in [1.82, 2.24) is 5.32 Å². The van der Waals surface area contributed by atoms with Crippen LogP contribution in [-0.2, 0) is 6.42 Å². The first kappa shape index (κ1) is 13.4. The Hall–Kier alpha value is -1.23. The smallest absolute Gasteiger partial charge is 0.231 e. The van der Waals surface area contributed by atoms with Crippen molar-refractivity contribution in [2.24, 2.45) is 0 Å². The molecule has 2 aliphatic rings. The second-order valence-electron chi connectivity index (χ2n) is 5.52. The van der Waals surface area contributed by atoms with Crippen molar-refractivity contribution in [3.63, 3.8) is 0 Å². The van der Waals surface area contributed by atoms with Crippen LogP contribution in [0.5, 0.6) is 11.5 Å². The molecule has 4 rings (SSSR count). The fourth-order valence-corrected chi connectivity index (χ4v) is 4.44. The van der Waals surface area contributed by atoms with Gasteiger partial charge in [0.15, 0.2) is 11.5 Å². The number of nitrogens with one attached hydrogen (secondary N) is 1. The molecule has 5 heteroatoms. The van der Waals surface area contributed by atoms with E-state index in [-0.39, 0.29) is 6.04 Å². The lowest BCUT2D eigenvalue weighted by molar-refractivity contribution is 0.174. The molecule has 21 heavy (non-hydrogen) atoms. The highest BCUT2D eigenvalue weighted by molar-refractivity contribution is 7.16. The lowest BCUT2D eigenvalue weighted by Crippen LogP contribution is -2.22. The van der Waals surface area contributed by atoms with Crippen molar-refractivity contribution in [3.8, 4) is 11.5 Å². The topological polar surface area (TPSA) is 30.5 Å². The average Bonchev–Trinajstić information content (AvgIpc) is 3.15. The maximum atomic E-state index is 6.12. The van der Waals surface area contributed by atoms with Gasteiger partial charge in [-0.3, -0.25) is 0 Å². The first-order chi connectivity index (χ1) is 10.2. The molecule has 1 aromatic carbocycles. The Morgan fingerprint density at radius 2 is 2.14 bits per heavy atom. The number of halogens is 1. The first-order valence-corrected chi connectivity index (χ1v) is 8.34. The molecule has 0 saturated heterocycles. The lowest BCUT2D eigenvalue weighted by Gasteiger charge is -2.20. The third-order valence-electron chi connectivity index (χ3n) is 4.19. The molecule has 110 valence electrons. The van der Waals surface area contributed by atoms with Crippen LogP contribution in [0.4, 0.5) is 0 Å². The number of benzene rings is 1. The van der Waals surface area contributed by atoms with E-state index < -0.39 is 0 Å². The van der Waals surface area contributed by atoms with Crippen molar-refractivity contribution in [3.05, 3.63) is 44.6 Å². The second-order valence-corrected chi connectivity index (χ2v) is 7.29. The predicted molar refractivity (Wildman–Crippen MR) is 84.5 cm³/mol. The Kier molecular flexibility index (Phi) is 3.32. The molecule has 0 saturated carbocycles. The molecule has 3 nitrogen and oxygen atoms in total. The fourth-order valence-electron chi connectivity index (χ4n) is 3.08. The minimum atomic E-state index is 0.258. The maximum Gasteiger partial charge on any atom is 0.231 e. The zero-order valence-corrected chi connectivity index (χ0v) is 13.3. The Morgan fingerprint density at radius 3 is 3.05 bits per heavy atom. The summed E-state index contributed by atoms with van der Waals surface area (Å²) in [5, 5.41) is 3.71. The standard InChI is InChI=1S/C16H16ClNO2S/c1-9(10-2-4-13-14(6-10)20-8-19-13)18-12-3-5-15-11(12)7-16(17)21-15/h2,4,6-7,9,12,18H,3,5,8H2,1H3. The van der Waals surface area contributed by atoms with Gasteiger partial charge in [0.2, 0.25) is 6.79 Å². The zero-order valence-electron chi connectivity index (χ0n) is 11.7. The summed E-state index contributed by atoms with van der Waals surface area (Å²) in [5.41, 5.74) is 2.59. The van der Waals surface area contributed by atoms with Gasteiger partial charge in [0.25, 0.3) is 0 Å². The highest BCUT2D eigenvalue weighted by atomic mass is 35.5. The Bertz CT molecular complexity index is 685. The summed E-state index contributed by atoms with van der Waals surface area (Å²) >= 11 is 7.83. The quantitative estimate of drug-likeness (QED) is 0.904. The van der Waals surface area contributed by atoms with Crippen molar-refractivity contribution >= 4 is 22.9 Å². The van der Waals surface area contributed by atoms with Crippen molar-refractivity contribution < 1.29 is 9.47 Å². The average molecular weight is 322 g/mol. The van der Waals surface area contributed by atoms with Gasteiger partial charge in [-0.05, 0) is 49.1 Å². The third-order valence-corrected chi connectivity index (χ3v) is 5.53. The summed E-state index contributed by atoms with van der Waals surface area (Å²) in [6.45, 7) is 2.50.